The molecule has 0 aromatic rings. The molecular weight excluding hydrogens is 492 g/mol. The first-order valence-corrected chi connectivity index (χ1v) is 19.6. The van der Waals surface area contributed by atoms with Gasteiger partial charge in [-0.05, 0) is 123 Å². The van der Waals surface area contributed by atoms with Crippen molar-refractivity contribution in [1.82, 2.24) is 0 Å². The average molecular weight is 573 g/mol. The number of rotatable bonds is 7. The highest BCUT2D eigenvalue weighted by Crippen LogP contribution is 2.58. The van der Waals surface area contributed by atoms with Gasteiger partial charge < -0.3 is 0 Å². The van der Waals surface area contributed by atoms with Crippen LogP contribution in [-0.4, -0.2) is 0 Å². The molecule has 6 aliphatic rings. The molecule has 0 aromatic heterocycles. The first-order valence-electron chi connectivity index (χ1n) is 19.6. The van der Waals surface area contributed by atoms with E-state index in [4.69, 9.17) is 0 Å². The number of fused-ring (bicyclic) bond motifs is 7. The standard InChI is InChI=1S/C10H16.C10H22.C9H16.C8H14.2C2H6/c1-2-9-7-4-5-8(6-7)10(9)3-1;1-3-5-7-9-10-8-6-4-2;1-6-7(2)9-4-3-8(6)5-9;1-7-5-3-4-6-8(7)2;2*1-2/h7-10H,1-6H2;3-10H2,1-2H3;6-9H,3-5H2,1-2H3;3-4,7-8H,5-6H2,1-2H3;2*1-2H3. The summed E-state index contributed by atoms with van der Waals surface area (Å²) in [6, 6.07) is 0. The number of allylic oxidation sites excluding steroid dienone is 2. The molecule has 0 aliphatic heterocycles. The molecular formula is C41H80. The molecule has 0 spiro atoms. The zero-order valence-corrected chi connectivity index (χ0v) is 30.4. The summed E-state index contributed by atoms with van der Waals surface area (Å²) in [5.41, 5.74) is 0. The fourth-order valence-corrected chi connectivity index (χ4v) is 9.18. The number of hydrogen-bond acceptors (Lipinski definition) is 0. The molecule has 0 radical (unpaired) electrons. The first kappa shape index (κ1) is 38.8. The molecule has 10 unspecified atom stereocenters. The molecule has 244 valence electrons. The molecule has 0 nitrogen and oxygen atoms in total. The second-order valence-corrected chi connectivity index (χ2v) is 14.7. The Kier molecular flexibility index (Phi) is 21.9. The Balaban J connectivity index is 0.000000263. The summed E-state index contributed by atoms with van der Waals surface area (Å²) in [6.45, 7) is 22.1. The van der Waals surface area contributed by atoms with Crippen molar-refractivity contribution < 1.29 is 0 Å². The molecule has 0 heterocycles. The highest BCUT2D eigenvalue weighted by molar-refractivity contribution is 4.99. The Morgan fingerprint density at radius 1 is 0.463 bits per heavy atom. The van der Waals surface area contributed by atoms with Gasteiger partial charge in [-0.1, -0.05) is 139 Å². The zero-order chi connectivity index (χ0) is 30.6. The van der Waals surface area contributed by atoms with Gasteiger partial charge in [0.1, 0.15) is 0 Å². The Labute approximate surface area is 262 Å². The van der Waals surface area contributed by atoms with Crippen LogP contribution in [0.3, 0.4) is 0 Å². The summed E-state index contributed by atoms with van der Waals surface area (Å²) < 4.78 is 0. The van der Waals surface area contributed by atoms with Crippen LogP contribution in [0, 0.1) is 59.2 Å². The maximum atomic E-state index is 2.44. The van der Waals surface area contributed by atoms with Crippen molar-refractivity contribution in [3.05, 3.63) is 12.2 Å². The predicted octanol–water partition coefficient (Wildman–Crippen LogP) is 14.3. The van der Waals surface area contributed by atoms with Crippen LogP contribution < -0.4 is 0 Å². The predicted molar refractivity (Wildman–Crippen MR) is 189 cm³/mol. The minimum absolute atomic E-state index is 0.917. The molecule has 5 saturated carbocycles. The molecule has 0 heteroatoms. The van der Waals surface area contributed by atoms with Gasteiger partial charge in [0.25, 0.3) is 0 Å². The Bertz CT molecular complexity index is 564. The topological polar surface area (TPSA) is 0 Å². The molecule has 41 heavy (non-hydrogen) atoms. The minimum Gasteiger partial charge on any atom is -0.0883 e. The Morgan fingerprint density at radius 3 is 1.12 bits per heavy atom. The molecule has 0 aromatic carbocycles. The summed E-state index contributed by atoms with van der Waals surface area (Å²) in [5, 5.41) is 0. The molecule has 10 atom stereocenters. The molecule has 0 amide bonds. The second kappa shape index (κ2) is 23.2. The van der Waals surface area contributed by atoms with Crippen LogP contribution in [-0.2, 0) is 0 Å². The van der Waals surface area contributed by atoms with E-state index in [9.17, 15) is 0 Å². The third-order valence-corrected chi connectivity index (χ3v) is 12.3. The second-order valence-electron chi connectivity index (χ2n) is 14.7. The summed E-state index contributed by atoms with van der Waals surface area (Å²) >= 11 is 0. The van der Waals surface area contributed by atoms with Crippen LogP contribution in [0.2, 0.25) is 0 Å². The largest absolute Gasteiger partial charge is 0.0883 e. The van der Waals surface area contributed by atoms with E-state index in [2.05, 4.69) is 53.7 Å². The number of hydrogen-bond donors (Lipinski definition) is 0. The van der Waals surface area contributed by atoms with Crippen LogP contribution >= 0.6 is 0 Å². The lowest BCUT2D eigenvalue weighted by Crippen LogP contribution is -2.15. The van der Waals surface area contributed by atoms with Gasteiger partial charge in [-0.3, -0.25) is 0 Å². The third-order valence-electron chi connectivity index (χ3n) is 12.3. The van der Waals surface area contributed by atoms with Crippen LogP contribution in [0.15, 0.2) is 12.2 Å². The molecule has 4 bridgehead atoms. The fourth-order valence-electron chi connectivity index (χ4n) is 9.18. The van der Waals surface area contributed by atoms with Crippen LogP contribution in [0.25, 0.3) is 0 Å². The van der Waals surface area contributed by atoms with Gasteiger partial charge in [-0.15, -0.1) is 0 Å². The fraction of sp³-hybridized carbons (Fsp3) is 0.951. The van der Waals surface area contributed by atoms with Gasteiger partial charge in [0, 0.05) is 0 Å². The van der Waals surface area contributed by atoms with Crippen molar-refractivity contribution in [2.45, 2.75) is 191 Å². The van der Waals surface area contributed by atoms with Gasteiger partial charge >= 0.3 is 0 Å². The maximum Gasteiger partial charge on any atom is -0.0322 e. The normalized spacial score (nSPS) is 36.6. The van der Waals surface area contributed by atoms with Gasteiger partial charge in [0.05, 0.1) is 0 Å². The smallest absolute Gasteiger partial charge is 0.0322 e. The van der Waals surface area contributed by atoms with Crippen LogP contribution in [0.4, 0.5) is 0 Å². The van der Waals surface area contributed by atoms with Crippen molar-refractivity contribution in [1.29, 1.82) is 0 Å². The highest BCUT2D eigenvalue weighted by atomic mass is 14.5. The zero-order valence-electron chi connectivity index (χ0n) is 30.4. The van der Waals surface area contributed by atoms with Gasteiger partial charge in [0.15, 0.2) is 0 Å². The van der Waals surface area contributed by atoms with E-state index in [1.807, 2.05) is 27.7 Å². The molecule has 5 fully saturated rings. The lowest BCUT2D eigenvalue weighted by Gasteiger charge is -2.24. The Morgan fingerprint density at radius 2 is 0.805 bits per heavy atom. The van der Waals surface area contributed by atoms with Crippen molar-refractivity contribution >= 4 is 0 Å². The minimum atomic E-state index is 0.917. The SMILES string of the molecule is C1CC2C3CCC(C3)C2C1.CC.CC.CC1C2CCC(C2)C1C.CC1CC=CCC1C.CCCCCCCCCC. The number of unbranched alkanes of at least 4 members (excludes halogenated alkanes) is 7. The molecule has 6 aliphatic carbocycles. The molecule has 0 saturated heterocycles. The molecule has 6 rings (SSSR count). The van der Waals surface area contributed by atoms with Gasteiger partial charge in [0.2, 0.25) is 0 Å². The summed E-state index contributed by atoms with van der Waals surface area (Å²) in [7, 11) is 0. The van der Waals surface area contributed by atoms with Crippen LogP contribution in [0.1, 0.15) is 191 Å². The quantitative estimate of drug-likeness (QED) is 0.210. The monoisotopic (exact) mass is 573 g/mol. The van der Waals surface area contributed by atoms with E-state index >= 15 is 0 Å². The van der Waals surface area contributed by atoms with E-state index in [1.54, 1.807) is 44.9 Å². The van der Waals surface area contributed by atoms with E-state index < -0.39 is 0 Å². The van der Waals surface area contributed by atoms with Crippen molar-refractivity contribution in [2.24, 2.45) is 59.2 Å². The lowest BCUT2D eigenvalue weighted by atomic mass is 9.82. The summed E-state index contributed by atoms with van der Waals surface area (Å²) in [4.78, 5) is 0. The van der Waals surface area contributed by atoms with Gasteiger partial charge in [-0.25, -0.2) is 0 Å². The van der Waals surface area contributed by atoms with E-state index in [1.165, 1.54) is 101 Å². The Hall–Kier alpha value is -0.260. The van der Waals surface area contributed by atoms with Crippen molar-refractivity contribution in [3.8, 4) is 0 Å². The first-order chi connectivity index (χ1) is 20.0. The van der Waals surface area contributed by atoms with Gasteiger partial charge in [-0.2, -0.15) is 0 Å². The van der Waals surface area contributed by atoms with E-state index in [-0.39, 0.29) is 0 Å². The maximum absolute atomic E-state index is 2.44. The lowest BCUT2D eigenvalue weighted by molar-refractivity contribution is 0.259. The van der Waals surface area contributed by atoms with E-state index in [0.29, 0.717) is 0 Å². The van der Waals surface area contributed by atoms with Crippen LogP contribution in [0.5, 0.6) is 0 Å². The highest BCUT2D eigenvalue weighted by Gasteiger charge is 2.48. The van der Waals surface area contributed by atoms with Crippen molar-refractivity contribution in [2.75, 3.05) is 0 Å². The van der Waals surface area contributed by atoms with Crippen molar-refractivity contribution in [3.63, 3.8) is 0 Å². The summed E-state index contributed by atoms with van der Waals surface area (Å²) in [5.74, 6) is 11.0. The summed E-state index contributed by atoms with van der Waals surface area (Å²) in [6.07, 6.45) is 32.8. The van der Waals surface area contributed by atoms with E-state index in [0.717, 1.165) is 35.5 Å². The third kappa shape index (κ3) is 13.1. The average Bonchev–Trinajstić information content (AvgIpc) is 3.84. The molecule has 0 N–H and O–H groups in total.